The third-order valence-electron chi connectivity index (χ3n) is 9.78. The lowest BCUT2D eigenvalue weighted by Crippen LogP contribution is -2.32. The Labute approximate surface area is 223 Å². The van der Waals surface area contributed by atoms with Gasteiger partial charge in [0.25, 0.3) is 5.91 Å². The highest BCUT2D eigenvalue weighted by Gasteiger charge is 2.46. The van der Waals surface area contributed by atoms with Gasteiger partial charge in [-0.25, -0.2) is 0 Å². The summed E-state index contributed by atoms with van der Waals surface area (Å²) < 4.78 is 11.7. The number of hydrogen-bond donors (Lipinski definition) is 1. The largest absolute Gasteiger partial charge is 0.493 e. The van der Waals surface area contributed by atoms with Gasteiger partial charge in [-0.2, -0.15) is 0 Å². The molecule has 2 saturated carbocycles. The summed E-state index contributed by atoms with van der Waals surface area (Å²) in [5.41, 5.74) is 4.06. The van der Waals surface area contributed by atoms with Gasteiger partial charge in [-0.3, -0.25) is 14.7 Å². The molecule has 3 heterocycles. The Morgan fingerprint density at radius 1 is 1.00 bits per heavy atom. The molecule has 1 aromatic carbocycles. The van der Waals surface area contributed by atoms with Gasteiger partial charge >= 0.3 is 0 Å². The van der Waals surface area contributed by atoms with E-state index >= 15 is 0 Å². The van der Waals surface area contributed by atoms with Crippen molar-refractivity contribution in [2.24, 2.45) is 29.6 Å². The van der Waals surface area contributed by atoms with Crippen molar-refractivity contribution in [1.29, 1.82) is 0 Å². The van der Waals surface area contributed by atoms with Crippen LogP contribution < -0.4 is 4.74 Å². The second kappa shape index (κ2) is 10.1. The van der Waals surface area contributed by atoms with Gasteiger partial charge < -0.3 is 14.4 Å². The molecular weight excluding hydrogens is 480 g/mol. The van der Waals surface area contributed by atoms with Crippen LogP contribution in [0.2, 0.25) is 0 Å². The fourth-order valence-electron chi connectivity index (χ4n) is 7.35. The molecule has 3 atom stereocenters. The van der Waals surface area contributed by atoms with Crippen molar-refractivity contribution in [1.82, 2.24) is 20.3 Å². The van der Waals surface area contributed by atoms with Gasteiger partial charge in [0.15, 0.2) is 0 Å². The first-order chi connectivity index (χ1) is 18.6. The minimum atomic E-state index is 0.0684. The molecular formula is C30H38N4O4. The number of amides is 1. The Morgan fingerprint density at radius 2 is 1.79 bits per heavy atom. The average Bonchev–Trinajstić information content (AvgIpc) is 3.37. The third kappa shape index (κ3) is 4.88. The third-order valence-corrected chi connectivity index (χ3v) is 9.78. The average molecular weight is 519 g/mol. The maximum atomic E-state index is 13.7. The summed E-state index contributed by atoms with van der Waals surface area (Å²) in [7, 11) is 0. The molecule has 2 saturated heterocycles. The molecule has 202 valence electrons. The van der Waals surface area contributed by atoms with E-state index in [9.17, 15) is 9.59 Å². The number of carbonyl (C=O) groups excluding carboxylic acids is 2. The van der Waals surface area contributed by atoms with E-state index in [1.807, 2.05) is 11.0 Å². The molecule has 2 aromatic rings. The number of Topliss-reactive ketones (excluding diaryl/α,β-unsaturated/α-hetero) is 1. The molecule has 1 amide bonds. The molecule has 0 bridgehead atoms. The van der Waals surface area contributed by atoms with Crippen molar-refractivity contribution in [3.05, 3.63) is 40.7 Å². The summed E-state index contributed by atoms with van der Waals surface area (Å²) in [6.07, 6.45) is 8.76. The zero-order valence-electron chi connectivity index (χ0n) is 22.1. The van der Waals surface area contributed by atoms with Crippen molar-refractivity contribution < 1.29 is 19.1 Å². The molecule has 1 N–H and O–H groups in total. The Hall–Kier alpha value is -2.74. The summed E-state index contributed by atoms with van der Waals surface area (Å²) in [5.74, 6) is 3.49. The number of likely N-dealkylation sites (tertiary alicyclic amines) is 1. The number of fused-ring (bicyclic) bond motifs is 2. The molecule has 0 radical (unpaired) electrons. The summed E-state index contributed by atoms with van der Waals surface area (Å²) >= 11 is 0. The van der Waals surface area contributed by atoms with E-state index in [1.54, 1.807) is 0 Å². The second-order valence-corrected chi connectivity index (χ2v) is 12.4. The first-order valence-electron chi connectivity index (χ1n) is 14.7. The van der Waals surface area contributed by atoms with Crippen LogP contribution >= 0.6 is 0 Å². The molecule has 2 aliphatic heterocycles. The van der Waals surface area contributed by atoms with Crippen molar-refractivity contribution in [2.75, 3.05) is 32.9 Å². The minimum Gasteiger partial charge on any atom is -0.493 e. The van der Waals surface area contributed by atoms with Crippen molar-refractivity contribution in [2.45, 2.75) is 63.7 Å². The highest BCUT2D eigenvalue weighted by molar-refractivity contribution is 5.95. The summed E-state index contributed by atoms with van der Waals surface area (Å²) in [6, 6.07) is 6.20. The quantitative estimate of drug-likeness (QED) is 0.596. The highest BCUT2D eigenvalue weighted by atomic mass is 16.5. The molecule has 7 rings (SSSR count). The predicted octanol–water partition coefficient (Wildman–Crippen LogP) is 3.96. The standard InChI is InChI=1S/C30H38N4O4/c35-29(20-3-4-27-28(14-20)32-33-31-27)22-10-24-15-34(16-25(24)11-22)30(36)23-9-21(19-1-2-19)12-26(13-23)38-17-18-5-7-37-8-6-18/h9,12-13,18-20,22,24-25H,1-8,10-11,14-17H2,(H,31,32,33)/t20-,24+,25+/m1/s1. The Balaban J connectivity index is 0.980. The van der Waals surface area contributed by atoms with Crippen LogP contribution in [-0.2, 0) is 22.4 Å². The van der Waals surface area contributed by atoms with Gasteiger partial charge in [0.2, 0.25) is 0 Å². The van der Waals surface area contributed by atoms with Crippen LogP contribution in [0.5, 0.6) is 5.75 Å². The molecule has 38 heavy (non-hydrogen) atoms. The van der Waals surface area contributed by atoms with Gasteiger partial charge in [-0.1, -0.05) is 5.21 Å². The first-order valence-corrected chi connectivity index (χ1v) is 14.7. The number of carbonyl (C=O) groups is 2. The Morgan fingerprint density at radius 3 is 2.55 bits per heavy atom. The molecule has 0 spiro atoms. The van der Waals surface area contributed by atoms with Crippen LogP contribution in [0.15, 0.2) is 18.2 Å². The Bertz CT molecular complexity index is 1190. The molecule has 5 aliphatic rings. The van der Waals surface area contributed by atoms with Gasteiger partial charge in [-0.05, 0) is 98.8 Å². The monoisotopic (exact) mass is 518 g/mol. The summed E-state index contributed by atoms with van der Waals surface area (Å²) in [4.78, 5) is 29.1. The summed E-state index contributed by atoms with van der Waals surface area (Å²) in [5, 5.41) is 11.1. The highest BCUT2D eigenvalue weighted by Crippen LogP contribution is 2.45. The van der Waals surface area contributed by atoms with Gasteiger partial charge in [-0.15, -0.1) is 5.10 Å². The predicted molar refractivity (Wildman–Crippen MR) is 140 cm³/mol. The van der Waals surface area contributed by atoms with Crippen LogP contribution in [-0.4, -0.2) is 64.9 Å². The van der Waals surface area contributed by atoms with Crippen LogP contribution in [0.3, 0.4) is 0 Å². The van der Waals surface area contributed by atoms with E-state index in [0.717, 1.165) is 93.9 Å². The van der Waals surface area contributed by atoms with Crippen molar-refractivity contribution >= 4 is 11.7 Å². The van der Waals surface area contributed by atoms with E-state index in [-0.39, 0.29) is 17.7 Å². The molecule has 8 heteroatoms. The van der Waals surface area contributed by atoms with Gasteiger partial charge in [0, 0.05) is 50.1 Å². The first kappa shape index (κ1) is 24.3. The van der Waals surface area contributed by atoms with E-state index in [2.05, 4.69) is 27.5 Å². The maximum Gasteiger partial charge on any atom is 0.254 e. The van der Waals surface area contributed by atoms with E-state index in [4.69, 9.17) is 9.47 Å². The smallest absolute Gasteiger partial charge is 0.254 e. The molecule has 1 aromatic heterocycles. The number of ketones is 1. The van der Waals surface area contributed by atoms with Crippen LogP contribution in [0.25, 0.3) is 0 Å². The molecule has 0 unspecified atom stereocenters. The van der Waals surface area contributed by atoms with Crippen molar-refractivity contribution in [3.8, 4) is 5.75 Å². The fourth-order valence-corrected chi connectivity index (χ4v) is 7.35. The lowest BCUT2D eigenvalue weighted by Gasteiger charge is -2.24. The molecule has 4 fully saturated rings. The van der Waals surface area contributed by atoms with Crippen LogP contribution in [0.1, 0.15) is 78.2 Å². The van der Waals surface area contributed by atoms with Crippen LogP contribution in [0, 0.1) is 29.6 Å². The van der Waals surface area contributed by atoms with E-state index < -0.39 is 0 Å². The van der Waals surface area contributed by atoms with Crippen molar-refractivity contribution in [3.63, 3.8) is 0 Å². The normalized spacial score (nSPS) is 27.8. The number of nitrogens with one attached hydrogen (secondary N) is 1. The zero-order valence-corrected chi connectivity index (χ0v) is 22.1. The van der Waals surface area contributed by atoms with E-state index in [1.165, 1.54) is 18.4 Å². The lowest BCUT2D eigenvalue weighted by molar-refractivity contribution is -0.127. The van der Waals surface area contributed by atoms with Crippen LogP contribution in [0.4, 0.5) is 0 Å². The van der Waals surface area contributed by atoms with Gasteiger partial charge in [0.1, 0.15) is 11.5 Å². The number of hydrogen-bond acceptors (Lipinski definition) is 6. The molecule has 8 nitrogen and oxygen atoms in total. The number of aromatic nitrogens is 3. The zero-order chi connectivity index (χ0) is 25.6. The number of aromatic amines is 1. The second-order valence-electron chi connectivity index (χ2n) is 12.4. The Kier molecular flexibility index (Phi) is 6.46. The topological polar surface area (TPSA) is 97.4 Å². The lowest BCUT2D eigenvalue weighted by atomic mass is 9.81. The summed E-state index contributed by atoms with van der Waals surface area (Å²) in [6.45, 7) is 3.83. The number of H-pyrrole nitrogens is 1. The maximum absolute atomic E-state index is 13.7. The number of rotatable bonds is 7. The number of benzene rings is 1. The molecule has 3 aliphatic carbocycles. The number of ether oxygens (including phenoxy) is 2. The van der Waals surface area contributed by atoms with Gasteiger partial charge in [0.05, 0.1) is 18.0 Å². The minimum absolute atomic E-state index is 0.0684. The fraction of sp³-hybridized carbons (Fsp3) is 0.667. The number of nitrogens with zero attached hydrogens (tertiary/aromatic N) is 3. The number of aryl methyl sites for hydroxylation is 1. The van der Waals surface area contributed by atoms with E-state index in [0.29, 0.717) is 36.1 Å². The SMILES string of the molecule is O=C(C1C[C@H]2CN(C(=O)c3cc(OCC4CCOCC4)cc(C4CC4)c3)C[C@@H]2C1)[C@@H]1CCc2[nH]nnc2C1.